The average Bonchev–Trinajstić information content (AvgIpc) is 2.83. The number of nitrogens with zero attached hydrogens (tertiary/aromatic N) is 1. The molecule has 0 heterocycles. The number of aryl methyl sites for hydroxylation is 1. The van der Waals surface area contributed by atoms with Crippen LogP contribution in [-0.2, 0) is 29.0 Å². The smallest absolute Gasteiger partial charge is 0.243 e. The van der Waals surface area contributed by atoms with Gasteiger partial charge in [0.05, 0.1) is 6.42 Å². The number of hydrogen-bond acceptors (Lipinski definition) is 2. The zero-order valence-corrected chi connectivity index (χ0v) is 21.1. The molecule has 0 aliphatic carbocycles. The minimum absolute atomic E-state index is 0.137. The van der Waals surface area contributed by atoms with E-state index >= 15 is 0 Å². The van der Waals surface area contributed by atoms with Crippen LogP contribution in [0.2, 0.25) is 10.0 Å². The van der Waals surface area contributed by atoms with Crippen LogP contribution in [0.25, 0.3) is 0 Å². The van der Waals surface area contributed by atoms with Crippen LogP contribution in [0.1, 0.15) is 35.6 Å². The van der Waals surface area contributed by atoms with E-state index in [0.29, 0.717) is 23.0 Å². The largest absolute Gasteiger partial charge is 0.354 e. The highest BCUT2D eigenvalue weighted by Gasteiger charge is 2.30. The molecule has 0 aromatic heterocycles. The zero-order valence-electron chi connectivity index (χ0n) is 19.6. The van der Waals surface area contributed by atoms with Gasteiger partial charge >= 0.3 is 0 Å². The molecule has 178 valence electrons. The molecule has 1 N–H and O–H groups in total. The maximum absolute atomic E-state index is 13.7. The summed E-state index contributed by atoms with van der Waals surface area (Å²) >= 11 is 12.5. The van der Waals surface area contributed by atoms with Gasteiger partial charge in [0.25, 0.3) is 0 Å². The molecule has 0 aliphatic heterocycles. The number of amides is 2. The molecule has 2 amide bonds. The van der Waals surface area contributed by atoms with Crippen LogP contribution in [0.5, 0.6) is 0 Å². The van der Waals surface area contributed by atoms with E-state index in [2.05, 4.69) is 5.32 Å². The first-order chi connectivity index (χ1) is 16.4. The lowest BCUT2D eigenvalue weighted by atomic mass is 10.0. The molecule has 0 aliphatic rings. The first kappa shape index (κ1) is 25.8. The second-order valence-corrected chi connectivity index (χ2v) is 9.26. The molecular weight excluding hydrogens is 467 g/mol. The molecular formula is C28H30Cl2N2O2. The van der Waals surface area contributed by atoms with Gasteiger partial charge in [-0.3, -0.25) is 9.59 Å². The number of nitrogens with one attached hydrogen (secondary N) is 1. The van der Waals surface area contributed by atoms with Crippen molar-refractivity contribution in [2.75, 3.05) is 6.54 Å². The molecule has 0 saturated heterocycles. The van der Waals surface area contributed by atoms with Crippen LogP contribution in [0, 0.1) is 6.92 Å². The van der Waals surface area contributed by atoms with Gasteiger partial charge in [-0.15, -0.1) is 0 Å². The Labute approximate surface area is 211 Å². The number of carbonyl (C=O) groups is 2. The molecule has 1 unspecified atom stereocenters. The molecule has 3 rings (SSSR count). The summed E-state index contributed by atoms with van der Waals surface area (Å²) in [5, 5.41) is 3.97. The number of carbonyl (C=O) groups excluding carboxylic acids is 2. The monoisotopic (exact) mass is 496 g/mol. The van der Waals surface area contributed by atoms with Crippen LogP contribution < -0.4 is 5.32 Å². The van der Waals surface area contributed by atoms with Gasteiger partial charge in [0.1, 0.15) is 6.04 Å². The van der Waals surface area contributed by atoms with Gasteiger partial charge in [-0.25, -0.2) is 0 Å². The van der Waals surface area contributed by atoms with Crippen molar-refractivity contribution in [1.29, 1.82) is 0 Å². The van der Waals surface area contributed by atoms with E-state index in [-0.39, 0.29) is 24.8 Å². The van der Waals surface area contributed by atoms with E-state index in [1.807, 2.05) is 68.4 Å². The third-order valence-electron chi connectivity index (χ3n) is 5.65. The molecule has 0 radical (unpaired) electrons. The predicted molar refractivity (Wildman–Crippen MR) is 139 cm³/mol. The van der Waals surface area contributed by atoms with Crippen molar-refractivity contribution in [2.24, 2.45) is 0 Å². The van der Waals surface area contributed by atoms with E-state index in [1.165, 1.54) is 0 Å². The summed E-state index contributed by atoms with van der Waals surface area (Å²) in [6.45, 7) is 4.76. The minimum Gasteiger partial charge on any atom is -0.354 e. The lowest BCUT2D eigenvalue weighted by Gasteiger charge is -2.32. The van der Waals surface area contributed by atoms with Crippen LogP contribution >= 0.6 is 23.2 Å². The summed E-state index contributed by atoms with van der Waals surface area (Å²) < 4.78 is 0. The Morgan fingerprint density at radius 2 is 1.65 bits per heavy atom. The van der Waals surface area contributed by atoms with E-state index in [0.717, 1.165) is 28.7 Å². The molecule has 4 nitrogen and oxygen atoms in total. The fourth-order valence-electron chi connectivity index (χ4n) is 3.74. The van der Waals surface area contributed by atoms with Crippen molar-refractivity contribution in [3.05, 3.63) is 105 Å². The zero-order chi connectivity index (χ0) is 24.5. The minimum atomic E-state index is -0.682. The molecule has 3 aromatic carbocycles. The van der Waals surface area contributed by atoms with Crippen LogP contribution in [0.15, 0.2) is 72.8 Å². The lowest BCUT2D eigenvalue weighted by Crippen LogP contribution is -2.51. The standard InChI is InChI=1S/C28H30Cl2N2O2/c1-3-15-31-28(34)26(16-21-7-5-4-6-8-21)32(19-23-13-14-24(29)18-25(23)30)27(33)17-22-11-9-20(2)10-12-22/h4-14,18,26H,3,15-17,19H2,1-2H3,(H,31,34). The molecule has 0 spiro atoms. The number of benzene rings is 3. The fourth-order valence-corrected chi connectivity index (χ4v) is 4.20. The van der Waals surface area contributed by atoms with Crippen molar-refractivity contribution in [2.45, 2.75) is 45.7 Å². The van der Waals surface area contributed by atoms with Crippen molar-refractivity contribution in [3.8, 4) is 0 Å². The van der Waals surface area contributed by atoms with Gasteiger partial charge < -0.3 is 10.2 Å². The van der Waals surface area contributed by atoms with E-state index in [9.17, 15) is 9.59 Å². The predicted octanol–water partition coefficient (Wildman–Crippen LogP) is 6.01. The summed E-state index contributed by atoms with van der Waals surface area (Å²) in [4.78, 5) is 28.6. The summed E-state index contributed by atoms with van der Waals surface area (Å²) in [7, 11) is 0. The maximum atomic E-state index is 13.7. The van der Waals surface area contributed by atoms with Gasteiger partial charge in [-0.2, -0.15) is 0 Å². The van der Waals surface area contributed by atoms with Crippen molar-refractivity contribution < 1.29 is 9.59 Å². The van der Waals surface area contributed by atoms with Crippen molar-refractivity contribution in [1.82, 2.24) is 10.2 Å². The Morgan fingerprint density at radius 3 is 2.29 bits per heavy atom. The van der Waals surface area contributed by atoms with Gasteiger partial charge in [-0.05, 0) is 42.2 Å². The van der Waals surface area contributed by atoms with Crippen molar-refractivity contribution >= 4 is 35.0 Å². The average molecular weight is 497 g/mol. The maximum Gasteiger partial charge on any atom is 0.243 e. The normalized spacial score (nSPS) is 11.6. The molecule has 0 bridgehead atoms. The highest BCUT2D eigenvalue weighted by Crippen LogP contribution is 2.24. The Kier molecular flexibility index (Phi) is 9.55. The lowest BCUT2D eigenvalue weighted by molar-refractivity contribution is -0.140. The molecule has 0 saturated carbocycles. The first-order valence-electron chi connectivity index (χ1n) is 11.5. The quantitative estimate of drug-likeness (QED) is 0.373. The summed E-state index contributed by atoms with van der Waals surface area (Å²) in [5.74, 6) is -0.310. The molecule has 34 heavy (non-hydrogen) atoms. The van der Waals surface area contributed by atoms with Crippen LogP contribution in [0.3, 0.4) is 0 Å². The van der Waals surface area contributed by atoms with Crippen LogP contribution in [-0.4, -0.2) is 29.3 Å². The second-order valence-electron chi connectivity index (χ2n) is 8.42. The Balaban J connectivity index is 1.97. The van der Waals surface area contributed by atoms with Gasteiger partial charge in [-0.1, -0.05) is 96.4 Å². The summed E-state index contributed by atoms with van der Waals surface area (Å²) in [6, 6.07) is 22.1. The van der Waals surface area contributed by atoms with E-state index < -0.39 is 6.04 Å². The Bertz CT molecular complexity index is 1100. The second kappa shape index (κ2) is 12.6. The highest BCUT2D eigenvalue weighted by molar-refractivity contribution is 6.35. The molecule has 0 fully saturated rings. The third-order valence-corrected chi connectivity index (χ3v) is 6.24. The van der Waals surface area contributed by atoms with E-state index in [1.54, 1.807) is 23.1 Å². The molecule has 1 atom stereocenters. The summed E-state index contributed by atoms with van der Waals surface area (Å²) in [5.41, 5.74) is 3.75. The highest BCUT2D eigenvalue weighted by atomic mass is 35.5. The number of halogens is 2. The third kappa shape index (κ3) is 7.34. The van der Waals surface area contributed by atoms with Gasteiger partial charge in [0.2, 0.25) is 11.8 Å². The van der Waals surface area contributed by atoms with Gasteiger partial charge in [0.15, 0.2) is 0 Å². The first-order valence-corrected chi connectivity index (χ1v) is 12.2. The summed E-state index contributed by atoms with van der Waals surface area (Å²) in [6.07, 6.45) is 1.41. The van der Waals surface area contributed by atoms with E-state index in [4.69, 9.17) is 23.2 Å². The number of rotatable bonds is 10. The molecule has 3 aromatic rings. The fraction of sp³-hybridized carbons (Fsp3) is 0.286. The topological polar surface area (TPSA) is 49.4 Å². The molecule has 6 heteroatoms. The number of hydrogen-bond donors (Lipinski definition) is 1. The Hall–Kier alpha value is -2.82. The van der Waals surface area contributed by atoms with Gasteiger partial charge in [0, 0.05) is 29.6 Å². The SMILES string of the molecule is CCCNC(=O)C(Cc1ccccc1)N(Cc1ccc(Cl)cc1Cl)C(=O)Cc1ccc(C)cc1. The Morgan fingerprint density at radius 1 is 0.941 bits per heavy atom. The van der Waals surface area contributed by atoms with Crippen LogP contribution in [0.4, 0.5) is 0 Å². The van der Waals surface area contributed by atoms with Crippen molar-refractivity contribution in [3.63, 3.8) is 0 Å².